The number of carbonyl (C=O) groups excluding carboxylic acids is 3. The molecule has 0 spiro atoms. The number of halogens is 1. The standard InChI is InChI=1S/C20H22ClN3O3/c1-14(25)23-17-7-9-18(10-8-17)24(15(2)26)12-11-20(27)22-13-16-5-3-4-6-19(16)21/h3-10H,11-13H2,1-2H3,(H,22,27)(H,23,25). The number of rotatable bonds is 7. The van der Waals surface area contributed by atoms with Gasteiger partial charge < -0.3 is 15.5 Å². The fourth-order valence-corrected chi connectivity index (χ4v) is 2.74. The first-order chi connectivity index (χ1) is 12.9. The van der Waals surface area contributed by atoms with Gasteiger partial charge in [-0.15, -0.1) is 0 Å². The van der Waals surface area contributed by atoms with E-state index in [2.05, 4.69) is 10.6 Å². The Morgan fingerprint density at radius 2 is 1.67 bits per heavy atom. The largest absolute Gasteiger partial charge is 0.352 e. The van der Waals surface area contributed by atoms with E-state index in [1.54, 1.807) is 30.3 Å². The molecule has 0 fully saturated rings. The van der Waals surface area contributed by atoms with Crippen molar-refractivity contribution in [3.8, 4) is 0 Å². The Morgan fingerprint density at radius 3 is 2.26 bits per heavy atom. The molecule has 2 N–H and O–H groups in total. The predicted octanol–water partition coefficient (Wildman–Crippen LogP) is 3.36. The van der Waals surface area contributed by atoms with Gasteiger partial charge in [-0.2, -0.15) is 0 Å². The number of hydrogen-bond acceptors (Lipinski definition) is 3. The maximum Gasteiger partial charge on any atom is 0.223 e. The lowest BCUT2D eigenvalue weighted by atomic mass is 10.2. The molecule has 0 radical (unpaired) electrons. The van der Waals surface area contributed by atoms with E-state index in [1.807, 2.05) is 18.2 Å². The van der Waals surface area contributed by atoms with Gasteiger partial charge in [0.05, 0.1) is 0 Å². The van der Waals surface area contributed by atoms with E-state index in [0.29, 0.717) is 22.9 Å². The average Bonchev–Trinajstić information content (AvgIpc) is 2.62. The summed E-state index contributed by atoms with van der Waals surface area (Å²) in [5.41, 5.74) is 2.15. The van der Waals surface area contributed by atoms with E-state index in [1.165, 1.54) is 18.7 Å². The van der Waals surface area contributed by atoms with Crippen molar-refractivity contribution >= 4 is 40.7 Å². The van der Waals surface area contributed by atoms with Gasteiger partial charge in [0.2, 0.25) is 17.7 Å². The van der Waals surface area contributed by atoms with Crippen LogP contribution in [0.5, 0.6) is 0 Å². The average molecular weight is 388 g/mol. The molecule has 7 heteroatoms. The summed E-state index contributed by atoms with van der Waals surface area (Å²) in [6.07, 6.45) is 0.164. The van der Waals surface area contributed by atoms with Crippen LogP contribution in [-0.4, -0.2) is 24.3 Å². The first-order valence-electron chi connectivity index (χ1n) is 8.52. The highest BCUT2D eigenvalue weighted by Crippen LogP contribution is 2.19. The maximum atomic E-state index is 12.1. The van der Waals surface area contributed by atoms with Crippen molar-refractivity contribution in [2.24, 2.45) is 0 Å². The molecule has 0 aromatic heterocycles. The Labute approximate surface area is 163 Å². The number of nitrogens with one attached hydrogen (secondary N) is 2. The number of benzene rings is 2. The molecule has 2 aromatic carbocycles. The third-order valence-corrected chi connectivity index (χ3v) is 4.24. The molecule has 2 rings (SSSR count). The molecule has 142 valence electrons. The normalized spacial score (nSPS) is 10.2. The van der Waals surface area contributed by atoms with Gasteiger partial charge >= 0.3 is 0 Å². The van der Waals surface area contributed by atoms with E-state index >= 15 is 0 Å². The van der Waals surface area contributed by atoms with Crippen molar-refractivity contribution in [1.82, 2.24) is 5.32 Å². The molecule has 2 aromatic rings. The predicted molar refractivity (Wildman–Crippen MR) is 107 cm³/mol. The van der Waals surface area contributed by atoms with Crippen molar-refractivity contribution in [3.63, 3.8) is 0 Å². The van der Waals surface area contributed by atoms with Gasteiger partial charge in [0, 0.05) is 49.8 Å². The van der Waals surface area contributed by atoms with Crippen LogP contribution in [0.4, 0.5) is 11.4 Å². The zero-order valence-electron chi connectivity index (χ0n) is 15.3. The third kappa shape index (κ3) is 6.42. The Bertz CT molecular complexity index is 821. The highest BCUT2D eigenvalue weighted by atomic mass is 35.5. The molecule has 0 aliphatic heterocycles. The Kier molecular flexibility index (Phi) is 7.37. The molecule has 0 unspecified atom stereocenters. The fourth-order valence-electron chi connectivity index (χ4n) is 2.53. The highest BCUT2D eigenvalue weighted by molar-refractivity contribution is 6.31. The molecular weight excluding hydrogens is 366 g/mol. The second-order valence-electron chi connectivity index (χ2n) is 6.02. The summed E-state index contributed by atoms with van der Waals surface area (Å²) in [5, 5.41) is 6.08. The van der Waals surface area contributed by atoms with Crippen LogP contribution in [-0.2, 0) is 20.9 Å². The minimum atomic E-state index is -0.170. The zero-order valence-corrected chi connectivity index (χ0v) is 16.0. The Hall–Kier alpha value is -2.86. The van der Waals surface area contributed by atoms with Crippen LogP contribution in [0.3, 0.4) is 0 Å². The lowest BCUT2D eigenvalue weighted by Gasteiger charge is -2.21. The van der Waals surface area contributed by atoms with Crippen molar-refractivity contribution in [2.75, 3.05) is 16.8 Å². The maximum absolute atomic E-state index is 12.1. The number of nitrogens with zero attached hydrogens (tertiary/aromatic N) is 1. The molecule has 0 atom stereocenters. The molecule has 0 saturated heterocycles. The molecule has 0 heterocycles. The van der Waals surface area contributed by atoms with Crippen LogP contribution in [0.2, 0.25) is 5.02 Å². The van der Waals surface area contributed by atoms with Gasteiger partial charge in [-0.1, -0.05) is 29.8 Å². The van der Waals surface area contributed by atoms with Gasteiger partial charge in [-0.05, 0) is 35.9 Å². The van der Waals surface area contributed by atoms with Gasteiger partial charge in [0.1, 0.15) is 0 Å². The summed E-state index contributed by atoms with van der Waals surface area (Å²) >= 11 is 6.07. The van der Waals surface area contributed by atoms with E-state index < -0.39 is 0 Å². The fraction of sp³-hybridized carbons (Fsp3) is 0.250. The quantitative estimate of drug-likeness (QED) is 0.764. The van der Waals surface area contributed by atoms with Crippen molar-refractivity contribution < 1.29 is 14.4 Å². The van der Waals surface area contributed by atoms with E-state index in [-0.39, 0.29) is 30.7 Å². The SMILES string of the molecule is CC(=O)Nc1ccc(N(CCC(=O)NCc2ccccc2Cl)C(C)=O)cc1. The molecular formula is C20H22ClN3O3. The van der Waals surface area contributed by atoms with E-state index in [9.17, 15) is 14.4 Å². The van der Waals surface area contributed by atoms with Crippen LogP contribution in [0.25, 0.3) is 0 Å². The van der Waals surface area contributed by atoms with Crippen molar-refractivity contribution in [2.45, 2.75) is 26.8 Å². The topological polar surface area (TPSA) is 78.5 Å². The lowest BCUT2D eigenvalue weighted by Crippen LogP contribution is -2.33. The lowest BCUT2D eigenvalue weighted by molar-refractivity contribution is -0.121. The van der Waals surface area contributed by atoms with Gasteiger partial charge in [-0.25, -0.2) is 0 Å². The van der Waals surface area contributed by atoms with Crippen LogP contribution < -0.4 is 15.5 Å². The van der Waals surface area contributed by atoms with Crippen molar-refractivity contribution in [3.05, 3.63) is 59.1 Å². The second kappa shape index (κ2) is 9.73. The van der Waals surface area contributed by atoms with Crippen molar-refractivity contribution in [1.29, 1.82) is 0 Å². The van der Waals surface area contributed by atoms with Crippen LogP contribution in [0, 0.1) is 0 Å². The van der Waals surface area contributed by atoms with Crippen LogP contribution >= 0.6 is 11.6 Å². The summed E-state index contributed by atoms with van der Waals surface area (Å²) in [5.74, 6) is -0.501. The van der Waals surface area contributed by atoms with Crippen LogP contribution in [0.1, 0.15) is 25.8 Å². The van der Waals surface area contributed by atoms with Gasteiger partial charge in [-0.3, -0.25) is 14.4 Å². The minimum absolute atomic E-state index is 0.164. The summed E-state index contributed by atoms with van der Waals surface area (Å²) in [7, 11) is 0. The van der Waals surface area contributed by atoms with Gasteiger partial charge in [0.25, 0.3) is 0 Å². The smallest absolute Gasteiger partial charge is 0.223 e. The minimum Gasteiger partial charge on any atom is -0.352 e. The molecule has 27 heavy (non-hydrogen) atoms. The number of amides is 3. The molecule has 0 aliphatic carbocycles. The van der Waals surface area contributed by atoms with Gasteiger partial charge in [0.15, 0.2) is 0 Å². The second-order valence-corrected chi connectivity index (χ2v) is 6.42. The summed E-state index contributed by atoms with van der Waals surface area (Å²) in [4.78, 5) is 36.7. The summed E-state index contributed by atoms with van der Waals surface area (Å²) in [6.45, 7) is 3.47. The molecule has 6 nitrogen and oxygen atoms in total. The molecule has 0 saturated carbocycles. The monoisotopic (exact) mass is 387 g/mol. The first-order valence-corrected chi connectivity index (χ1v) is 8.90. The van der Waals surface area contributed by atoms with E-state index in [4.69, 9.17) is 11.6 Å². The Balaban J connectivity index is 1.92. The molecule has 0 bridgehead atoms. The number of hydrogen-bond donors (Lipinski definition) is 2. The first kappa shape index (κ1) is 20.5. The summed E-state index contributed by atoms with van der Waals surface area (Å²) in [6, 6.07) is 14.2. The summed E-state index contributed by atoms with van der Waals surface area (Å²) < 4.78 is 0. The Morgan fingerprint density at radius 1 is 1.00 bits per heavy atom. The third-order valence-electron chi connectivity index (χ3n) is 3.88. The van der Waals surface area contributed by atoms with Crippen LogP contribution in [0.15, 0.2) is 48.5 Å². The number of carbonyl (C=O) groups is 3. The van der Waals surface area contributed by atoms with E-state index in [0.717, 1.165) is 5.56 Å². The molecule has 0 aliphatic rings. The number of anilines is 2. The zero-order chi connectivity index (χ0) is 19.8. The highest BCUT2D eigenvalue weighted by Gasteiger charge is 2.14. The molecule has 3 amide bonds.